The van der Waals surface area contributed by atoms with Crippen molar-refractivity contribution in [2.75, 3.05) is 20.0 Å². The molecule has 1 aromatic carbocycles. The Hall–Kier alpha value is -2.08. The van der Waals surface area contributed by atoms with Crippen molar-refractivity contribution in [1.29, 1.82) is 0 Å². The van der Waals surface area contributed by atoms with Crippen molar-refractivity contribution in [2.45, 2.75) is 71.4 Å². The summed E-state index contributed by atoms with van der Waals surface area (Å²) in [5.41, 5.74) is 3.18. The molecule has 0 saturated carbocycles. The van der Waals surface area contributed by atoms with E-state index in [2.05, 4.69) is 55.6 Å². The Morgan fingerprint density at radius 3 is 2.31 bits per heavy atom. The summed E-state index contributed by atoms with van der Waals surface area (Å²) in [7, 11) is -2.32. The van der Waals surface area contributed by atoms with E-state index < -0.39 is 22.0 Å². The number of fused-ring (bicyclic) bond motifs is 1. The molecule has 0 atom stereocenters. The number of hydrogen-bond donors (Lipinski definition) is 0. The second-order valence-corrected chi connectivity index (χ2v) is 22.6. The fourth-order valence-electron chi connectivity index (χ4n) is 3.47. The second kappa shape index (κ2) is 11.8. The molecule has 0 bridgehead atoms. The van der Waals surface area contributed by atoms with Gasteiger partial charge in [-0.1, -0.05) is 46.2 Å². The van der Waals surface area contributed by atoms with Crippen LogP contribution in [-0.2, 0) is 22.6 Å². The zero-order valence-corrected chi connectivity index (χ0v) is 24.2. The van der Waals surface area contributed by atoms with E-state index in [4.69, 9.17) is 14.2 Å². The van der Waals surface area contributed by atoms with E-state index in [0.29, 0.717) is 32.1 Å². The first kappa shape index (κ1) is 27.5. The van der Waals surface area contributed by atoms with E-state index in [-0.39, 0.29) is 12.5 Å². The molecule has 2 aromatic heterocycles. The highest BCUT2D eigenvalue weighted by atomic mass is 28.3. The Kier molecular flexibility index (Phi) is 9.25. The van der Waals surface area contributed by atoms with Gasteiger partial charge in [-0.2, -0.15) is 5.10 Å². The van der Waals surface area contributed by atoms with Gasteiger partial charge in [0.2, 0.25) is 0 Å². The van der Waals surface area contributed by atoms with Crippen LogP contribution in [0.15, 0.2) is 24.4 Å². The minimum atomic E-state index is -1.17. The smallest absolute Gasteiger partial charge is 0.189 e. The third-order valence-corrected chi connectivity index (χ3v) is 9.18. The molecule has 35 heavy (non-hydrogen) atoms. The molecule has 0 amide bonds. The molecule has 0 aliphatic heterocycles. The van der Waals surface area contributed by atoms with Crippen LogP contribution >= 0.6 is 0 Å². The zero-order chi connectivity index (χ0) is 25.6. The highest BCUT2D eigenvalue weighted by Gasteiger charge is 2.16. The van der Waals surface area contributed by atoms with Crippen molar-refractivity contribution in [3.63, 3.8) is 0 Å². The molecule has 0 N–H and O–H groups in total. The average molecular weight is 517 g/mol. The van der Waals surface area contributed by atoms with Crippen molar-refractivity contribution in [3.8, 4) is 17.0 Å². The van der Waals surface area contributed by atoms with Crippen molar-refractivity contribution in [3.05, 3.63) is 42.0 Å². The Morgan fingerprint density at radius 1 is 0.971 bits per heavy atom. The minimum absolute atomic E-state index is 0.0405. The second-order valence-electron chi connectivity index (χ2n) is 11.3. The van der Waals surface area contributed by atoms with Crippen LogP contribution in [0.2, 0.25) is 51.4 Å². The maximum Gasteiger partial charge on any atom is 0.189 e. The Bertz CT molecular complexity index is 1120. The number of aromatic nitrogens is 3. The van der Waals surface area contributed by atoms with E-state index in [1.807, 2.05) is 13.0 Å². The van der Waals surface area contributed by atoms with Gasteiger partial charge < -0.3 is 14.2 Å². The van der Waals surface area contributed by atoms with Crippen LogP contribution < -0.4 is 4.74 Å². The van der Waals surface area contributed by atoms with Gasteiger partial charge in [-0.25, -0.2) is 14.1 Å². The molecular weight excluding hydrogens is 477 g/mol. The molecule has 0 saturated heterocycles. The van der Waals surface area contributed by atoms with Gasteiger partial charge in [0.15, 0.2) is 18.4 Å². The predicted octanol–water partition coefficient (Wildman–Crippen LogP) is 6.60. The van der Waals surface area contributed by atoms with Crippen LogP contribution in [0.5, 0.6) is 5.75 Å². The van der Waals surface area contributed by atoms with Crippen LogP contribution in [-0.4, -0.2) is 50.9 Å². The molecule has 0 aliphatic carbocycles. The van der Waals surface area contributed by atoms with Gasteiger partial charge in [0.05, 0.1) is 17.4 Å². The SMILES string of the molecule is CCc1cc(OCOCC[Si](C)(C)C)c(F)cc1-c1cc2c([c]n1)cnn2COCC[Si](C)(C)C. The number of pyridine rings is 1. The summed E-state index contributed by atoms with van der Waals surface area (Å²) in [6.45, 7) is 17.6. The number of rotatable bonds is 13. The predicted molar refractivity (Wildman–Crippen MR) is 145 cm³/mol. The molecule has 3 aromatic rings. The summed E-state index contributed by atoms with van der Waals surface area (Å²) in [4.78, 5) is 4.47. The summed E-state index contributed by atoms with van der Waals surface area (Å²) in [5.74, 6) is -0.236. The lowest BCUT2D eigenvalue weighted by Gasteiger charge is -2.16. The summed E-state index contributed by atoms with van der Waals surface area (Å²) in [6, 6.07) is 7.30. The first-order valence-corrected chi connectivity index (χ1v) is 19.7. The van der Waals surface area contributed by atoms with Crippen LogP contribution in [0.25, 0.3) is 22.2 Å². The van der Waals surface area contributed by atoms with Crippen LogP contribution in [0.1, 0.15) is 12.5 Å². The summed E-state index contributed by atoms with van der Waals surface area (Å²) in [5, 5.41) is 5.23. The molecule has 9 heteroatoms. The molecule has 1 radical (unpaired) electrons. The average Bonchev–Trinajstić information content (AvgIpc) is 3.18. The molecule has 0 aliphatic rings. The lowest BCUT2D eigenvalue weighted by molar-refractivity contribution is 0.0197. The van der Waals surface area contributed by atoms with E-state index in [9.17, 15) is 4.39 Å². The molecule has 3 rings (SSSR count). The molecular formula is C26H39FN3O3Si2. The molecule has 0 unspecified atom stereocenters. The highest BCUT2D eigenvalue weighted by molar-refractivity contribution is 6.76. The van der Waals surface area contributed by atoms with Crippen molar-refractivity contribution < 1.29 is 18.6 Å². The normalized spacial score (nSPS) is 12.5. The monoisotopic (exact) mass is 516 g/mol. The van der Waals surface area contributed by atoms with Gasteiger partial charge in [0, 0.05) is 40.3 Å². The van der Waals surface area contributed by atoms with E-state index in [0.717, 1.165) is 34.1 Å². The van der Waals surface area contributed by atoms with Crippen molar-refractivity contribution in [1.82, 2.24) is 14.8 Å². The van der Waals surface area contributed by atoms with Crippen LogP contribution in [0.4, 0.5) is 4.39 Å². The highest BCUT2D eigenvalue weighted by Crippen LogP contribution is 2.31. The number of nitrogens with zero attached hydrogens (tertiary/aromatic N) is 3. The fourth-order valence-corrected chi connectivity index (χ4v) is 4.98. The molecule has 2 heterocycles. The Morgan fingerprint density at radius 2 is 1.66 bits per heavy atom. The topological polar surface area (TPSA) is 58.4 Å². The standard InChI is InChI=1S/C26H39FN3O3Si2/c1-8-20-13-26(33-19-32-10-12-35(5,6)7)23(27)14-22(20)24-15-25-21(16-28-24)17-29-30(25)18-31-9-11-34(2,3)4/h13-15,17H,8-12,18-19H2,1-7H3. The maximum atomic E-state index is 14.9. The fraction of sp³-hybridized carbons (Fsp3) is 0.538. The number of ether oxygens (including phenoxy) is 3. The molecule has 0 fully saturated rings. The van der Waals surface area contributed by atoms with Crippen molar-refractivity contribution >= 4 is 27.1 Å². The third kappa shape index (κ3) is 8.23. The number of aryl methyl sites for hydroxylation is 1. The largest absolute Gasteiger partial charge is 0.464 e. The van der Waals surface area contributed by atoms with Crippen molar-refractivity contribution in [2.24, 2.45) is 0 Å². The van der Waals surface area contributed by atoms with Gasteiger partial charge in [-0.05, 0) is 42.3 Å². The van der Waals surface area contributed by atoms with Crippen LogP contribution in [0.3, 0.4) is 0 Å². The Balaban J connectivity index is 1.74. The summed E-state index contributed by atoms with van der Waals surface area (Å²) >= 11 is 0. The third-order valence-electron chi connectivity index (χ3n) is 5.77. The van der Waals surface area contributed by atoms with Gasteiger partial charge in [-0.3, -0.25) is 0 Å². The summed E-state index contributed by atoms with van der Waals surface area (Å²) in [6.07, 6.45) is 5.49. The molecule has 0 spiro atoms. The lowest BCUT2D eigenvalue weighted by Crippen LogP contribution is -2.22. The molecule has 6 nitrogen and oxygen atoms in total. The van der Waals surface area contributed by atoms with Gasteiger partial charge in [-0.15, -0.1) is 0 Å². The maximum absolute atomic E-state index is 14.9. The Labute approximate surface area is 210 Å². The van der Waals surface area contributed by atoms with E-state index >= 15 is 0 Å². The number of benzene rings is 1. The molecule has 191 valence electrons. The van der Waals surface area contributed by atoms with E-state index in [1.165, 1.54) is 6.07 Å². The number of hydrogen-bond acceptors (Lipinski definition) is 5. The summed E-state index contributed by atoms with van der Waals surface area (Å²) < 4.78 is 33.8. The van der Waals surface area contributed by atoms with Gasteiger partial charge >= 0.3 is 0 Å². The van der Waals surface area contributed by atoms with E-state index in [1.54, 1.807) is 16.9 Å². The quantitative estimate of drug-likeness (QED) is 0.145. The number of halogens is 1. The lowest BCUT2D eigenvalue weighted by atomic mass is 10.0. The van der Waals surface area contributed by atoms with Gasteiger partial charge in [0.1, 0.15) is 12.9 Å². The van der Waals surface area contributed by atoms with Crippen LogP contribution in [0, 0.1) is 12.0 Å². The first-order valence-electron chi connectivity index (χ1n) is 12.3. The first-order chi connectivity index (χ1) is 16.5. The zero-order valence-electron chi connectivity index (χ0n) is 22.2. The van der Waals surface area contributed by atoms with Gasteiger partial charge in [0.25, 0.3) is 0 Å². The minimum Gasteiger partial charge on any atom is -0.464 e.